The number of aromatic nitrogens is 1. The first kappa shape index (κ1) is 18.1. The van der Waals surface area contributed by atoms with Crippen molar-refractivity contribution in [3.05, 3.63) is 59.2 Å². The fourth-order valence-electron chi connectivity index (χ4n) is 3.89. The van der Waals surface area contributed by atoms with Crippen molar-refractivity contribution in [3.8, 4) is 6.07 Å². The lowest BCUT2D eigenvalue weighted by molar-refractivity contribution is 0.0686. The summed E-state index contributed by atoms with van der Waals surface area (Å²) in [5, 5.41) is 14.1. The van der Waals surface area contributed by atoms with E-state index in [1.54, 1.807) is 18.3 Å². The Bertz CT molecular complexity index is 1060. The van der Waals surface area contributed by atoms with Crippen molar-refractivity contribution in [1.82, 2.24) is 9.88 Å². The van der Waals surface area contributed by atoms with Crippen LogP contribution in [0.25, 0.3) is 10.9 Å². The summed E-state index contributed by atoms with van der Waals surface area (Å²) in [5.41, 5.74) is 4.55. The summed E-state index contributed by atoms with van der Waals surface area (Å²) in [6, 6.07) is 10.1. The van der Waals surface area contributed by atoms with Crippen LogP contribution >= 0.6 is 0 Å². The number of pyridine rings is 1. The van der Waals surface area contributed by atoms with Crippen molar-refractivity contribution in [2.75, 3.05) is 18.4 Å². The van der Waals surface area contributed by atoms with Crippen molar-refractivity contribution in [2.24, 2.45) is 0 Å². The van der Waals surface area contributed by atoms with E-state index in [9.17, 15) is 10.1 Å². The number of anilines is 1. The molecule has 0 bridgehead atoms. The summed E-state index contributed by atoms with van der Waals surface area (Å²) in [6.45, 7) is 5.39. The SMILES string of the molecule is Cc1cc(C)c2ncc(C#N)c(NC3CCN(C(=O)c4ccco4)CC3)c2c1. The fourth-order valence-corrected chi connectivity index (χ4v) is 3.89. The molecule has 0 radical (unpaired) electrons. The smallest absolute Gasteiger partial charge is 0.289 e. The lowest BCUT2D eigenvalue weighted by atomic mass is 10.0. The second-order valence-electron chi connectivity index (χ2n) is 7.32. The van der Waals surface area contributed by atoms with Gasteiger partial charge in [-0.2, -0.15) is 5.26 Å². The maximum atomic E-state index is 12.4. The second-order valence-corrected chi connectivity index (χ2v) is 7.32. The molecule has 1 amide bonds. The van der Waals surface area contributed by atoms with Gasteiger partial charge in [-0.05, 0) is 50.5 Å². The number of nitriles is 1. The van der Waals surface area contributed by atoms with E-state index in [-0.39, 0.29) is 11.9 Å². The molecule has 2 aromatic heterocycles. The summed E-state index contributed by atoms with van der Waals surface area (Å²) in [5.74, 6) is 0.311. The number of benzene rings is 1. The molecule has 0 atom stereocenters. The van der Waals surface area contributed by atoms with Crippen molar-refractivity contribution in [2.45, 2.75) is 32.7 Å². The Morgan fingerprint density at radius 2 is 2.11 bits per heavy atom. The third-order valence-electron chi connectivity index (χ3n) is 5.29. The van der Waals surface area contributed by atoms with Gasteiger partial charge in [0.2, 0.25) is 0 Å². The number of hydrogen-bond donors (Lipinski definition) is 1. The Morgan fingerprint density at radius 1 is 1.32 bits per heavy atom. The molecule has 1 aromatic carbocycles. The molecular formula is C22H22N4O2. The average molecular weight is 374 g/mol. The van der Waals surface area contributed by atoms with Crippen molar-refractivity contribution in [3.63, 3.8) is 0 Å². The first-order valence-electron chi connectivity index (χ1n) is 9.46. The zero-order chi connectivity index (χ0) is 19.7. The average Bonchev–Trinajstić information content (AvgIpc) is 3.23. The molecule has 4 rings (SSSR count). The molecule has 0 saturated carbocycles. The number of rotatable bonds is 3. The third kappa shape index (κ3) is 3.31. The zero-order valence-electron chi connectivity index (χ0n) is 16.0. The maximum absolute atomic E-state index is 12.4. The summed E-state index contributed by atoms with van der Waals surface area (Å²) < 4.78 is 5.22. The predicted octanol–water partition coefficient (Wildman–Crippen LogP) is 4.03. The number of aryl methyl sites for hydroxylation is 2. The lowest BCUT2D eigenvalue weighted by Gasteiger charge is -2.32. The number of nitrogens with zero attached hydrogens (tertiary/aromatic N) is 3. The van der Waals surface area contributed by atoms with Gasteiger partial charge in [0.15, 0.2) is 5.76 Å². The first-order chi connectivity index (χ1) is 13.6. The number of fused-ring (bicyclic) bond motifs is 1. The highest BCUT2D eigenvalue weighted by molar-refractivity contribution is 5.96. The van der Waals surface area contributed by atoms with E-state index in [2.05, 4.69) is 28.5 Å². The van der Waals surface area contributed by atoms with E-state index < -0.39 is 0 Å². The Kier molecular flexibility index (Phi) is 4.74. The van der Waals surface area contributed by atoms with Crippen LogP contribution in [-0.2, 0) is 0 Å². The van der Waals surface area contributed by atoms with Crippen LogP contribution in [0.1, 0.15) is 40.1 Å². The number of furan rings is 1. The van der Waals surface area contributed by atoms with Gasteiger partial charge in [0, 0.05) is 30.7 Å². The van der Waals surface area contributed by atoms with Gasteiger partial charge in [-0.25, -0.2) is 0 Å². The molecule has 0 aliphatic carbocycles. The van der Waals surface area contributed by atoms with Gasteiger partial charge >= 0.3 is 0 Å². The quantitative estimate of drug-likeness (QED) is 0.748. The molecule has 3 aromatic rings. The minimum absolute atomic E-state index is 0.0678. The molecule has 142 valence electrons. The van der Waals surface area contributed by atoms with Crippen LogP contribution in [0.3, 0.4) is 0 Å². The topological polar surface area (TPSA) is 82.2 Å². The highest BCUT2D eigenvalue weighted by atomic mass is 16.3. The molecular weight excluding hydrogens is 352 g/mol. The minimum Gasteiger partial charge on any atom is -0.459 e. The summed E-state index contributed by atoms with van der Waals surface area (Å²) >= 11 is 0. The molecule has 6 heteroatoms. The predicted molar refractivity (Wildman–Crippen MR) is 107 cm³/mol. The summed E-state index contributed by atoms with van der Waals surface area (Å²) in [6.07, 6.45) is 4.78. The molecule has 3 heterocycles. The second kappa shape index (κ2) is 7.35. The first-order valence-corrected chi connectivity index (χ1v) is 9.46. The molecule has 1 aliphatic heterocycles. The molecule has 0 unspecified atom stereocenters. The number of hydrogen-bond acceptors (Lipinski definition) is 5. The molecule has 28 heavy (non-hydrogen) atoms. The Hall–Kier alpha value is -3.33. The van der Waals surface area contributed by atoms with Crippen LogP contribution in [0.15, 0.2) is 41.1 Å². The largest absolute Gasteiger partial charge is 0.459 e. The number of amides is 1. The summed E-state index contributed by atoms with van der Waals surface area (Å²) in [7, 11) is 0. The maximum Gasteiger partial charge on any atom is 0.289 e. The third-order valence-corrected chi connectivity index (χ3v) is 5.29. The molecule has 1 saturated heterocycles. The van der Waals surface area contributed by atoms with Gasteiger partial charge in [0.25, 0.3) is 5.91 Å². The van der Waals surface area contributed by atoms with Gasteiger partial charge in [-0.3, -0.25) is 9.78 Å². The van der Waals surface area contributed by atoms with Gasteiger partial charge in [0.05, 0.1) is 23.0 Å². The van der Waals surface area contributed by atoms with Crippen molar-refractivity contribution in [1.29, 1.82) is 5.26 Å². The van der Waals surface area contributed by atoms with Gasteiger partial charge in [0.1, 0.15) is 6.07 Å². The molecule has 1 fully saturated rings. The van der Waals surface area contributed by atoms with E-state index in [0.29, 0.717) is 24.4 Å². The molecule has 0 spiro atoms. The fraction of sp³-hybridized carbons (Fsp3) is 0.318. The standard InChI is InChI=1S/C22H22N4O2/c1-14-10-15(2)20-18(11-14)21(16(12-23)13-24-20)25-17-5-7-26(8-6-17)22(27)19-4-3-9-28-19/h3-4,9-11,13,17H,5-8H2,1-2H3,(H,24,25). The number of carbonyl (C=O) groups excluding carboxylic acids is 1. The summed E-state index contributed by atoms with van der Waals surface area (Å²) in [4.78, 5) is 18.7. The van der Waals surface area contributed by atoms with Gasteiger partial charge in [-0.15, -0.1) is 0 Å². The van der Waals surface area contributed by atoms with Crippen LogP contribution < -0.4 is 5.32 Å². The number of likely N-dealkylation sites (tertiary alicyclic amines) is 1. The van der Waals surface area contributed by atoms with E-state index in [4.69, 9.17) is 4.42 Å². The molecule has 1 aliphatic rings. The Morgan fingerprint density at radius 3 is 2.79 bits per heavy atom. The van der Waals surface area contributed by atoms with Crippen LogP contribution in [0, 0.1) is 25.2 Å². The molecule has 1 N–H and O–H groups in total. The minimum atomic E-state index is -0.0678. The van der Waals surface area contributed by atoms with Crippen LogP contribution in [-0.4, -0.2) is 34.9 Å². The highest BCUT2D eigenvalue weighted by Crippen LogP contribution is 2.30. The highest BCUT2D eigenvalue weighted by Gasteiger charge is 2.26. The normalized spacial score (nSPS) is 14.8. The van der Waals surface area contributed by atoms with Gasteiger partial charge < -0.3 is 14.6 Å². The van der Waals surface area contributed by atoms with Crippen molar-refractivity contribution < 1.29 is 9.21 Å². The Labute approximate surface area is 163 Å². The zero-order valence-corrected chi connectivity index (χ0v) is 16.0. The number of piperidine rings is 1. The monoisotopic (exact) mass is 374 g/mol. The van der Waals surface area contributed by atoms with E-state index >= 15 is 0 Å². The number of carbonyl (C=O) groups is 1. The van der Waals surface area contributed by atoms with Crippen LogP contribution in [0.4, 0.5) is 5.69 Å². The van der Waals surface area contributed by atoms with E-state index in [1.165, 1.54) is 6.26 Å². The Balaban J connectivity index is 1.55. The van der Waals surface area contributed by atoms with Crippen molar-refractivity contribution >= 4 is 22.5 Å². The van der Waals surface area contributed by atoms with E-state index in [0.717, 1.165) is 40.6 Å². The lowest BCUT2D eigenvalue weighted by Crippen LogP contribution is -2.42. The van der Waals surface area contributed by atoms with E-state index in [1.807, 2.05) is 18.7 Å². The van der Waals surface area contributed by atoms with Gasteiger partial charge in [-0.1, -0.05) is 11.6 Å². The molecule has 6 nitrogen and oxygen atoms in total. The van der Waals surface area contributed by atoms with Crippen LogP contribution in [0.2, 0.25) is 0 Å². The number of nitrogens with one attached hydrogen (secondary N) is 1. The van der Waals surface area contributed by atoms with Crippen LogP contribution in [0.5, 0.6) is 0 Å².